The highest BCUT2D eigenvalue weighted by Crippen LogP contribution is 2.42. The number of nitrogens with two attached hydrogens (primary N) is 1. The van der Waals surface area contributed by atoms with Crippen molar-refractivity contribution in [3.05, 3.63) is 24.2 Å². The highest BCUT2D eigenvalue weighted by atomic mass is 16.6. The number of nitriles is 1. The average molecular weight is 486 g/mol. The first-order valence-corrected chi connectivity index (χ1v) is 12.0. The van der Waals surface area contributed by atoms with Crippen molar-refractivity contribution in [2.24, 2.45) is 11.8 Å². The second-order valence-corrected chi connectivity index (χ2v) is 9.56. The predicted octanol–water partition coefficient (Wildman–Crippen LogP) is 1.87. The zero-order chi connectivity index (χ0) is 25.2. The molecule has 0 bridgehead atoms. The van der Waals surface area contributed by atoms with Gasteiger partial charge >= 0.3 is 11.9 Å². The summed E-state index contributed by atoms with van der Waals surface area (Å²) in [6, 6.07) is 5.20. The molecule has 4 rings (SSSR count). The third-order valence-electron chi connectivity index (χ3n) is 6.77. The van der Waals surface area contributed by atoms with E-state index in [2.05, 4.69) is 10.1 Å². The lowest BCUT2D eigenvalue weighted by atomic mass is 9.87. The predicted molar refractivity (Wildman–Crippen MR) is 122 cm³/mol. The van der Waals surface area contributed by atoms with Gasteiger partial charge < -0.3 is 25.1 Å². The Morgan fingerprint density at radius 1 is 1.34 bits per heavy atom. The van der Waals surface area contributed by atoms with E-state index < -0.39 is 35.9 Å². The maximum atomic E-state index is 12.8. The van der Waals surface area contributed by atoms with Gasteiger partial charge in [-0.3, -0.25) is 9.59 Å². The molecule has 0 spiro atoms. The van der Waals surface area contributed by atoms with Crippen molar-refractivity contribution in [1.29, 1.82) is 5.26 Å². The number of nitrogen functional groups attached to an aromatic ring is 1. The van der Waals surface area contributed by atoms with Crippen molar-refractivity contribution >= 4 is 23.3 Å². The lowest BCUT2D eigenvalue weighted by molar-refractivity contribution is -0.162. The number of carbonyl (C=O) groups is 2. The molecule has 0 unspecified atom stereocenters. The molecule has 35 heavy (non-hydrogen) atoms. The van der Waals surface area contributed by atoms with Gasteiger partial charge in [-0.1, -0.05) is 33.1 Å². The van der Waals surface area contributed by atoms with Crippen LogP contribution in [0.3, 0.4) is 0 Å². The zero-order valence-electron chi connectivity index (χ0n) is 19.9. The first kappa shape index (κ1) is 24.9. The molecule has 0 amide bonds. The minimum absolute atomic E-state index is 0.185. The fourth-order valence-corrected chi connectivity index (χ4v) is 4.83. The summed E-state index contributed by atoms with van der Waals surface area (Å²) in [6.07, 6.45) is 2.80. The van der Waals surface area contributed by atoms with Crippen LogP contribution in [0.1, 0.15) is 58.1 Å². The first-order valence-electron chi connectivity index (χ1n) is 12.0. The molecule has 1 saturated carbocycles. The number of hydrogen-bond acceptors (Lipinski definition) is 10. The summed E-state index contributed by atoms with van der Waals surface area (Å²) >= 11 is 0. The molecule has 2 aromatic heterocycles. The van der Waals surface area contributed by atoms with Crippen molar-refractivity contribution in [3.63, 3.8) is 0 Å². The van der Waals surface area contributed by atoms with E-state index in [-0.39, 0.29) is 36.4 Å². The largest absolute Gasteiger partial charge is 0.463 e. The Morgan fingerprint density at radius 3 is 2.77 bits per heavy atom. The van der Waals surface area contributed by atoms with Gasteiger partial charge in [0.25, 0.3) is 0 Å². The molecule has 0 radical (unpaired) electrons. The highest BCUT2D eigenvalue weighted by molar-refractivity contribution is 5.72. The second kappa shape index (κ2) is 10.2. The standard InChI is InChI=1S/C24H31N5O6/c1-14(2)23(32)33-11-17-20(34-19(30)10-15-6-4-3-5-7-15)21(31)24(12-25,35-17)18-9-8-16-22(26)27-13-28-29(16)18/h8-9,13-15,17,20-21,31H,3-7,10-11H2,1-2H3,(H2,26,27,28)/t17-,20-,21-,24+/m1/s1. The van der Waals surface area contributed by atoms with E-state index in [1.807, 2.05) is 6.07 Å². The van der Waals surface area contributed by atoms with Gasteiger partial charge in [0.1, 0.15) is 36.7 Å². The Bertz CT molecular complexity index is 1120. The van der Waals surface area contributed by atoms with E-state index in [4.69, 9.17) is 19.9 Å². The van der Waals surface area contributed by atoms with E-state index >= 15 is 0 Å². The molecule has 2 aromatic rings. The fourth-order valence-electron chi connectivity index (χ4n) is 4.83. The minimum atomic E-state index is -1.95. The Labute approximate surface area is 203 Å². The van der Waals surface area contributed by atoms with Crippen LogP contribution in [0.25, 0.3) is 5.52 Å². The van der Waals surface area contributed by atoms with E-state index in [1.54, 1.807) is 26.0 Å². The summed E-state index contributed by atoms with van der Waals surface area (Å²) in [5.74, 6) is -0.931. The lowest BCUT2D eigenvalue weighted by Gasteiger charge is -2.25. The third-order valence-corrected chi connectivity index (χ3v) is 6.77. The smallest absolute Gasteiger partial charge is 0.308 e. The van der Waals surface area contributed by atoms with Crippen molar-refractivity contribution in [2.45, 2.75) is 76.3 Å². The van der Waals surface area contributed by atoms with Gasteiger partial charge in [-0.05, 0) is 30.9 Å². The van der Waals surface area contributed by atoms with Crippen molar-refractivity contribution in [2.75, 3.05) is 12.3 Å². The van der Waals surface area contributed by atoms with Crippen LogP contribution in [0.5, 0.6) is 0 Å². The number of aliphatic hydroxyl groups is 1. The average Bonchev–Trinajstić information content (AvgIpc) is 3.39. The number of rotatable bonds is 7. The number of ether oxygens (including phenoxy) is 3. The number of carbonyl (C=O) groups excluding carboxylic acids is 2. The Hall–Kier alpha value is -3.23. The molecule has 1 aliphatic heterocycles. The van der Waals surface area contributed by atoms with Crippen LogP contribution in [-0.4, -0.2) is 56.6 Å². The summed E-state index contributed by atoms with van der Waals surface area (Å²) in [7, 11) is 0. The summed E-state index contributed by atoms with van der Waals surface area (Å²) in [4.78, 5) is 28.9. The molecule has 188 valence electrons. The number of fused-ring (bicyclic) bond motifs is 1. The molecule has 3 N–H and O–H groups in total. The number of anilines is 1. The minimum Gasteiger partial charge on any atom is -0.463 e. The molecule has 3 heterocycles. The van der Waals surface area contributed by atoms with E-state index in [0.29, 0.717) is 5.52 Å². The maximum absolute atomic E-state index is 12.8. The summed E-state index contributed by atoms with van der Waals surface area (Å²) in [5.41, 5.74) is 4.60. The molecule has 2 aliphatic rings. The second-order valence-electron chi connectivity index (χ2n) is 9.56. The van der Waals surface area contributed by atoms with Crippen molar-refractivity contribution in [3.8, 4) is 6.07 Å². The first-order chi connectivity index (χ1) is 16.8. The number of hydrogen-bond donors (Lipinski definition) is 2. The SMILES string of the molecule is CC(C)C(=O)OC[C@H]1O[C@@](C#N)(c2ccc3c(N)ncnn23)[C@H](O)[C@@H]1OC(=O)CC1CCCCC1. The molecule has 1 aliphatic carbocycles. The number of aromatic nitrogens is 3. The Kier molecular flexibility index (Phi) is 7.23. The molecule has 4 atom stereocenters. The molecule has 11 nitrogen and oxygen atoms in total. The zero-order valence-corrected chi connectivity index (χ0v) is 19.9. The van der Waals surface area contributed by atoms with Crippen LogP contribution in [-0.2, 0) is 29.4 Å². The van der Waals surface area contributed by atoms with Gasteiger partial charge in [0.15, 0.2) is 11.9 Å². The Morgan fingerprint density at radius 2 is 2.09 bits per heavy atom. The normalized spacial score (nSPS) is 27.1. The molecule has 11 heteroatoms. The quantitative estimate of drug-likeness (QED) is 0.554. The maximum Gasteiger partial charge on any atom is 0.308 e. The Balaban J connectivity index is 1.62. The van der Waals surface area contributed by atoms with Crippen LogP contribution >= 0.6 is 0 Å². The van der Waals surface area contributed by atoms with Crippen molar-refractivity contribution in [1.82, 2.24) is 14.6 Å². The van der Waals surface area contributed by atoms with Crippen LogP contribution in [0.4, 0.5) is 5.82 Å². The van der Waals surface area contributed by atoms with Gasteiger partial charge in [-0.25, -0.2) is 9.50 Å². The third kappa shape index (κ3) is 4.81. The van der Waals surface area contributed by atoms with E-state index in [9.17, 15) is 20.0 Å². The summed E-state index contributed by atoms with van der Waals surface area (Å²) < 4.78 is 18.4. The highest BCUT2D eigenvalue weighted by Gasteiger charge is 2.60. The van der Waals surface area contributed by atoms with Gasteiger partial charge in [-0.2, -0.15) is 10.4 Å². The monoisotopic (exact) mass is 485 g/mol. The molecular formula is C24H31N5O6. The summed E-state index contributed by atoms with van der Waals surface area (Å²) in [5, 5.41) is 25.7. The molecule has 0 aromatic carbocycles. The van der Waals surface area contributed by atoms with E-state index in [0.717, 1.165) is 32.1 Å². The molecule has 2 fully saturated rings. The van der Waals surface area contributed by atoms with Gasteiger partial charge in [-0.15, -0.1) is 0 Å². The van der Waals surface area contributed by atoms with Crippen LogP contribution in [0, 0.1) is 23.2 Å². The fraction of sp³-hybridized carbons (Fsp3) is 0.625. The van der Waals surface area contributed by atoms with Crippen LogP contribution in [0.2, 0.25) is 0 Å². The molecular weight excluding hydrogens is 454 g/mol. The number of nitrogens with zero attached hydrogens (tertiary/aromatic N) is 4. The topological polar surface area (TPSA) is 162 Å². The number of esters is 2. The number of aliphatic hydroxyl groups excluding tert-OH is 1. The molecule has 1 saturated heterocycles. The lowest BCUT2D eigenvalue weighted by Crippen LogP contribution is -2.43. The summed E-state index contributed by atoms with van der Waals surface area (Å²) in [6.45, 7) is 3.08. The van der Waals surface area contributed by atoms with Crippen LogP contribution in [0.15, 0.2) is 18.5 Å². The van der Waals surface area contributed by atoms with Gasteiger partial charge in [0.05, 0.1) is 11.6 Å². The van der Waals surface area contributed by atoms with Crippen molar-refractivity contribution < 1.29 is 28.9 Å². The van der Waals surface area contributed by atoms with E-state index in [1.165, 1.54) is 10.8 Å². The van der Waals surface area contributed by atoms with Gasteiger partial charge in [0.2, 0.25) is 5.60 Å². The van der Waals surface area contributed by atoms with Crippen LogP contribution < -0.4 is 5.73 Å². The van der Waals surface area contributed by atoms with Gasteiger partial charge in [0, 0.05) is 6.42 Å².